The third-order valence-electron chi connectivity index (χ3n) is 2.32. The van der Waals surface area contributed by atoms with Gasteiger partial charge in [-0.2, -0.15) is 0 Å². The monoisotopic (exact) mass is 294 g/mol. The minimum Gasteiger partial charge on any atom is -0.483 e. The molecule has 0 saturated heterocycles. The minimum absolute atomic E-state index is 0.0785. The molecule has 0 spiro atoms. The van der Waals surface area contributed by atoms with Crippen LogP contribution < -0.4 is 4.74 Å². The van der Waals surface area contributed by atoms with Crippen molar-refractivity contribution >= 4 is 23.6 Å². The van der Waals surface area contributed by atoms with Crippen LogP contribution >= 0.6 is 11.6 Å². The number of aryl methyl sites for hydroxylation is 1. The summed E-state index contributed by atoms with van der Waals surface area (Å²) in [4.78, 5) is 10.6. The first-order valence-electron chi connectivity index (χ1n) is 5.67. The van der Waals surface area contributed by atoms with Crippen molar-refractivity contribution in [1.82, 2.24) is 10.2 Å². The van der Waals surface area contributed by atoms with E-state index in [0.29, 0.717) is 28.1 Å². The molecule has 7 heteroatoms. The highest BCUT2D eigenvalue weighted by atomic mass is 35.5. The van der Waals surface area contributed by atoms with E-state index in [4.69, 9.17) is 25.9 Å². The number of ether oxygens (including phenoxy) is 1. The van der Waals surface area contributed by atoms with Gasteiger partial charge in [0, 0.05) is 18.6 Å². The quantitative estimate of drug-likeness (QED) is 0.853. The molecule has 0 fully saturated rings. The molecule has 6 nitrogen and oxygen atoms in total. The number of rotatable bonds is 5. The number of nitrogens with zero attached hydrogens (tertiary/aromatic N) is 2. The summed E-state index contributed by atoms with van der Waals surface area (Å²) in [6, 6.07) is 5.03. The average molecular weight is 295 g/mol. The zero-order chi connectivity index (χ0) is 14.5. The number of hydrogen-bond donors (Lipinski definition) is 1. The topological polar surface area (TPSA) is 85.5 Å². The lowest BCUT2D eigenvalue weighted by molar-refractivity contribution is -0.131. The molecule has 1 aromatic carbocycles. The van der Waals surface area contributed by atoms with Crippen LogP contribution in [0.2, 0.25) is 5.02 Å². The molecule has 0 radical (unpaired) electrons. The lowest BCUT2D eigenvalue weighted by Gasteiger charge is -2.08. The van der Waals surface area contributed by atoms with Gasteiger partial charge in [-0.25, -0.2) is 4.79 Å². The van der Waals surface area contributed by atoms with E-state index in [1.54, 1.807) is 25.1 Å². The third kappa shape index (κ3) is 3.58. The molecule has 0 amide bonds. The number of carboxylic acid groups (broad SMARTS) is 1. The first-order chi connectivity index (χ1) is 9.56. The molecule has 0 unspecified atom stereocenters. The van der Waals surface area contributed by atoms with E-state index in [1.807, 2.05) is 0 Å². The molecule has 20 heavy (non-hydrogen) atoms. The predicted molar refractivity (Wildman–Crippen MR) is 71.5 cm³/mol. The van der Waals surface area contributed by atoms with Crippen LogP contribution in [0.1, 0.15) is 17.3 Å². The van der Waals surface area contributed by atoms with Crippen molar-refractivity contribution in [2.24, 2.45) is 0 Å². The van der Waals surface area contributed by atoms with Crippen molar-refractivity contribution in [1.29, 1.82) is 0 Å². The van der Waals surface area contributed by atoms with E-state index >= 15 is 0 Å². The molecule has 0 aliphatic rings. The highest BCUT2D eigenvalue weighted by molar-refractivity contribution is 6.32. The number of carbonyl (C=O) groups is 1. The van der Waals surface area contributed by atoms with E-state index < -0.39 is 5.97 Å². The molecule has 0 aliphatic heterocycles. The normalized spacial score (nSPS) is 10.9. The van der Waals surface area contributed by atoms with Crippen molar-refractivity contribution in [3.8, 4) is 5.75 Å². The van der Waals surface area contributed by atoms with Gasteiger partial charge in [0.1, 0.15) is 5.75 Å². The van der Waals surface area contributed by atoms with Crippen LogP contribution in [-0.2, 0) is 11.4 Å². The average Bonchev–Trinajstić information content (AvgIpc) is 2.81. The molecule has 1 heterocycles. The summed E-state index contributed by atoms with van der Waals surface area (Å²) in [6.07, 6.45) is 2.37. The van der Waals surface area contributed by atoms with Crippen LogP contribution in [0.4, 0.5) is 0 Å². The first-order valence-corrected chi connectivity index (χ1v) is 6.05. The van der Waals surface area contributed by atoms with Crippen LogP contribution in [0.25, 0.3) is 6.08 Å². The van der Waals surface area contributed by atoms with Gasteiger partial charge in [-0.05, 0) is 18.2 Å². The Kier molecular flexibility index (Phi) is 4.37. The number of aliphatic carboxylic acids is 1. The Balaban J connectivity index is 2.18. The summed E-state index contributed by atoms with van der Waals surface area (Å²) < 4.78 is 10.7. The maximum Gasteiger partial charge on any atom is 0.328 e. The van der Waals surface area contributed by atoms with Crippen molar-refractivity contribution in [3.05, 3.63) is 46.6 Å². The van der Waals surface area contributed by atoms with E-state index in [1.165, 1.54) is 6.08 Å². The lowest BCUT2D eigenvalue weighted by atomic mass is 10.2. The Morgan fingerprint density at radius 2 is 2.30 bits per heavy atom. The second-order valence-electron chi connectivity index (χ2n) is 3.83. The number of aromatic nitrogens is 2. The summed E-state index contributed by atoms with van der Waals surface area (Å²) in [5.41, 5.74) is 0.479. The fourth-order valence-corrected chi connectivity index (χ4v) is 1.72. The fourth-order valence-electron chi connectivity index (χ4n) is 1.49. The maximum atomic E-state index is 10.6. The smallest absolute Gasteiger partial charge is 0.328 e. The molecule has 1 aromatic heterocycles. The van der Waals surface area contributed by atoms with Gasteiger partial charge < -0.3 is 14.3 Å². The SMILES string of the molecule is Cc1nnc(COc2cccc(Cl)c2/C=C/C(=O)O)o1. The minimum atomic E-state index is -1.07. The zero-order valence-electron chi connectivity index (χ0n) is 10.5. The van der Waals surface area contributed by atoms with E-state index in [0.717, 1.165) is 6.08 Å². The summed E-state index contributed by atoms with van der Waals surface area (Å²) in [5.74, 6) is 0.144. The van der Waals surface area contributed by atoms with Crippen LogP contribution in [-0.4, -0.2) is 21.3 Å². The number of benzene rings is 1. The zero-order valence-corrected chi connectivity index (χ0v) is 11.3. The number of hydrogen-bond acceptors (Lipinski definition) is 5. The molecular weight excluding hydrogens is 284 g/mol. The Labute approximate surface area is 119 Å². The molecular formula is C13H11ClN2O4. The second-order valence-corrected chi connectivity index (χ2v) is 4.23. The van der Waals surface area contributed by atoms with Crippen LogP contribution in [0.3, 0.4) is 0 Å². The van der Waals surface area contributed by atoms with Gasteiger partial charge >= 0.3 is 5.97 Å². The molecule has 1 N–H and O–H groups in total. The van der Waals surface area contributed by atoms with Gasteiger partial charge in [0.25, 0.3) is 5.89 Å². The van der Waals surface area contributed by atoms with Crippen molar-refractivity contribution in [2.75, 3.05) is 0 Å². The molecule has 0 bridgehead atoms. The Morgan fingerprint density at radius 3 is 2.95 bits per heavy atom. The maximum absolute atomic E-state index is 10.6. The van der Waals surface area contributed by atoms with Crippen molar-refractivity contribution < 1.29 is 19.1 Å². The fraction of sp³-hybridized carbons (Fsp3) is 0.154. The molecule has 2 aromatic rings. The summed E-state index contributed by atoms with van der Waals surface area (Å²) in [7, 11) is 0. The molecule has 0 atom stereocenters. The molecule has 0 saturated carbocycles. The van der Waals surface area contributed by atoms with Gasteiger partial charge in [-0.3, -0.25) is 0 Å². The second kappa shape index (κ2) is 6.21. The molecule has 104 valence electrons. The Morgan fingerprint density at radius 1 is 1.50 bits per heavy atom. The summed E-state index contributed by atoms with van der Waals surface area (Å²) in [6.45, 7) is 1.76. The van der Waals surface area contributed by atoms with Gasteiger partial charge in [0.2, 0.25) is 5.89 Å². The van der Waals surface area contributed by atoms with Gasteiger partial charge in [0.05, 0.1) is 5.02 Å². The van der Waals surface area contributed by atoms with Gasteiger partial charge in [-0.1, -0.05) is 17.7 Å². The Hall–Kier alpha value is -2.34. The van der Waals surface area contributed by atoms with Gasteiger partial charge in [0.15, 0.2) is 6.61 Å². The Bertz CT molecular complexity index is 652. The van der Waals surface area contributed by atoms with Crippen molar-refractivity contribution in [2.45, 2.75) is 13.5 Å². The van der Waals surface area contributed by atoms with Crippen LogP contribution in [0, 0.1) is 6.92 Å². The summed E-state index contributed by atoms with van der Waals surface area (Å²) in [5, 5.41) is 16.5. The molecule has 2 rings (SSSR count). The standard InChI is InChI=1S/C13H11ClN2O4/c1-8-15-16-12(20-8)7-19-11-4-2-3-10(14)9(11)5-6-13(17)18/h2-6H,7H2,1H3,(H,17,18)/b6-5+. The van der Waals surface area contributed by atoms with Crippen LogP contribution in [0.15, 0.2) is 28.7 Å². The lowest BCUT2D eigenvalue weighted by Crippen LogP contribution is -1.98. The number of carboxylic acids is 1. The largest absolute Gasteiger partial charge is 0.483 e. The highest BCUT2D eigenvalue weighted by Gasteiger charge is 2.08. The van der Waals surface area contributed by atoms with E-state index in [2.05, 4.69) is 10.2 Å². The van der Waals surface area contributed by atoms with Gasteiger partial charge in [-0.15, -0.1) is 10.2 Å². The predicted octanol–water partition coefficient (Wildman–Crippen LogP) is 2.71. The third-order valence-corrected chi connectivity index (χ3v) is 2.65. The van der Waals surface area contributed by atoms with E-state index in [-0.39, 0.29) is 6.61 Å². The molecule has 0 aliphatic carbocycles. The number of halogens is 1. The van der Waals surface area contributed by atoms with E-state index in [9.17, 15) is 4.79 Å². The highest BCUT2D eigenvalue weighted by Crippen LogP contribution is 2.28. The van der Waals surface area contributed by atoms with Crippen molar-refractivity contribution in [3.63, 3.8) is 0 Å². The first kappa shape index (κ1) is 14.1. The summed E-state index contributed by atoms with van der Waals surface area (Å²) >= 11 is 6.02. The van der Waals surface area contributed by atoms with Crippen LogP contribution in [0.5, 0.6) is 5.75 Å².